The molecule has 3 nitrogen and oxygen atoms in total. The molecule has 1 heterocycles. The van der Waals surface area contributed by atoms with E-state index in [1.54, 1.807) is 0 Å². The Hall–Kier alpha value is -0.800. The van der Waals surface area contributed by atoms with Gasteiger partial charge in [0.25, 0.3) is 0 Å². The molecule has 0 aromatic carbocycles. The van der Waals surface area contributed by atoms with Crippen LogP contribution in [0.15, 0.2) is 23.4 Å². The SMILES string of the molecule is CC1=CNC(N)C(CO)=C1. The van der Waals surface area contributed by atoms with E-state index in [0.29, 0.717) is 0 Å². The zero-order chi connectivity index (χ0) is 7.56. The molecule has 0 bridgehead atoms. The Morgan fingerprint density at radius 1 is 1.80 bits per heavy atom. The molecule has 0 aromatic heterocycles. The third-order valence-electron chi connectivity index (χ3n) is 1.49. The first kappa shape index (κ1) is 7.31. The zero-order valence-corrected chi connectivity index (χ0v) is 5.96. The van der Waals surface area contributed by atoms with Crippen molar-refractivity contribution in [3.05, 3.63) is 23.4 Å². The van der Waals surface area contributed by atoms with E-state index in [2.05, 4.69) is 5.32 Å². The molecule has 1 aliphatic rings. The number of aliphatic hydroxyl groups is 1. The van der Waals surface area contributed by atoms with Crippen molar-refractivity contribution in [2.75, 3.05) is 6.61 Å². The van der Waals surface area contributed by atoms with Crippen LogP contribution in [0.5, 0.6) is 0 Å². The highest BCUT2D eigenvalue weighted by Gasteiger charge is 2.09. The number of hydrogen-bond donors (Lipinski definition) is 3. The van der Waals surface area contributed by atoms with Crippen molar-refractivity contribution in [2.45, 2.75) is 13.1 Å². The van der Waals surface area contributed by atoms with Crippen LogP contribution >= 0.6 is 0 Å². The molecule has 0 spiro atoms. The molecular formula is C7H12N2O. The molecular weight excluding hydrogens is 128 g/mol. The van der Waals surface area contributed by atoms with Gasteiger partial charge in [-0.15, -0.1) is 0 Å². The Morgan fingerprint density at radius 3 is 3.00 bits per heavy atom. The maximum Gasteiger partial charge on any atom is 0.0986 e. The summed E-state index contributed by atoms with van der Waals surface area (Å²) in [7, 11) is 0. The van der Waals surface area contributed by atoms with Crippen molar-refractivity contribution in [1.29, 1.82) is 0 Å². The summed E-state index contributed by atoms with van der Waals surface area (Å²) < 4.78 is 0. The highest BCUT2D eigenvalue weighted by Crippen LogP contribution is 2.07. The summed E-state index contributed by atoms with van der Waals surface area (Å²) >= 11 is 0. The summed E-state index contributed by atoms with van der Waals surface area (Å²) in [6.07, 6.45) is 3.51. The van der Waals surface area contributed by atoms with Crippen LogP contribution < -0.4 is 11.1 Å². The van der Waals surface area contributed by atoms with Gasteiger partial charge < -0.3 is 16.2 Å². The molecule has 0 aromatic rings. The van der Waals surface area contributed by atoms with E-state index in [0.717, 1.165) is 11.1 Å². The van der Waals surface area contributed by atoms with Gasteiger partial charge in [-0.25, -0.2) is 0 Å². The minimum atomic E-state index is -0.214. The molecule has 4 N–H and O–H groups in total. The summed E-state index contributed by atoms with van der Waals surface area (Å²) in [5.41, 5.74) is 7.49. The predicted molar refractivity (Wildman–Crippen MR) is 40.0 cm³/mol. The fraction of sp³-hybridized carbons (Fsp3) is 0.429. The fourth-order valence-electron chi connectivity index (χ4n) is 0.896. The van der Waals surface area contributed by atoms with E-state index in [1.165, 1.54) is 0 Å². The van der Waals surface area contributed by atoms with E-state index in [9.17, 15) is 0 Å². The summed E-state index contributed by atoms with van der Waals surface area (Å²) in [6, 6.07) is 0. The van der Waals surface area contributed by atoms with Crippen LogP contribution in [0, 0.1) is 0 Å². The van der Waals surface area contributed by atoms with Gasteiger partial charge in [0.15, 0.2) is 0 Å². The van der Waals surface area contributed by atoms with Crippen molar-refractivity contribution in [3.8, 4) is 0 Å². The molecule has 0 amide bonds. The van der Waals surface area contributed by atoms with E-state index < -0.39 is 0 Å². The van der Waals surface area contributed by atoms with Crippen LogP contribution in [0.2, 0.25) is 0 Å². The average Bonchev–Trinajstić information content (AvgIpc) is 1.94. The highest BCUT2D eigenvalue weighted by atomic mass is 16.3. The normalized spacial score (nSPS) is 24.9. The maximum atomic E-state index is 8.76. The molecule has 1 rings (SSSR count). The molecule has 0 saturated carbocycles. The lowest BCUT2D eigenvalue weighted by Gasteiger charge is -2.19. The molecule has 0 saturated heterocycles. The molecule has 10 heavy (non-hydrogen) atoms. The quantitative estimate of drug-likeness (QED) is 0.468. The number of dihydropyridines is 1. The van der Waals surface area contributed by atoms with Gasteiger partial charge in [0.05, 0.1) is 12.8 Å². The average molecular weight is 140 g/mol. The van der Waals surface area contributed by atoms with Crippen molar-refractivity contribution in [3.63, 3.8) is 0 Å². The Labute approximate surface area is 60.2 Å². The standard InChI is InChI=1S/C7H12N2O/c1-5-2-6(4-10)7(8)9-3-5/h2-3,7,9-10H,4,8H2,1H3. The van der Waals surface area contributed by atoms with Crippen molar-refractivity contribution in [1.82, 2.24) is 5.32 Å². The van der Waals surface area contributed by atoms with Gasteiger partial charge >= 0.3 is 0 Å². The number of aliphatic hydroxyl groups excluding tert-OH is 1. The summed E-state index contributed by atoms with van der Waals surface area (Å²) in [4.78, 5) is 0. The molecule has 1 atom stereocenters. The van der Waals surface area contributed by atoms with E-state index in [4.69, 9.17) is 10.8 Å². The first-order valence-electron chi connectivity index (χ1n) is 3.24. The Morgan fingerprint density at radius 2 is 2.50 bits per heavy atom. The summed E-state index contributed by atoms with van der Waals surface area (Å²) in [5.74, 6) is 0. The smallest absolute Gasteiger partial charge is 0.0986 e. The lowest BCUT2D eigenvalue weighted by molar-refractivity contribution is 0.319. The van der Waals surface area contributed by atoms with Gasteiger partial charge in [-0.1, -0.05) is 6.08 Å². The van der Waals surface area contributed by atoms with Gasteiger partial charge in [0.2, 0.25) is 0 Å². The second kappa shape index (κ2) is 2.86. The molecule has 1 aliphatic heterocycles. The maximum absolute atomic E-state index is 8.76. The minimum Gasteiger partial charge on any atom is -0.392 e. The third-order valence-corrected chi connectivity index (χ3v) is 1.49. The Bertz CT molecular complexity index is 184. The fourth-order valence-corrected chi connectivity index (χ4v) is 0.896. The number of rotatable bonds is 1. The van der Waals surface area contributed by atoms with Crippen LogP contribution in [0.3, 0.4) is 0 Å². The summed E-state index contributed by atoms with van der Waals surface area (Å²) in [6.45, 7) is 1.98. The highest BCUT2D eigenvalue weighted by molar-refractivity contribution is 5.28. The monoisotopic (exact) mass is 140 g/mol. The first-order valence-corrected chi connectivity index (χ1v) is 3.24. The topological polar surface area (TPSA) is 58.3 Å². The molecule has 0 aliphatic carbocycles. The van der Waals surface area contributed by atoms with Gasteiger partial charge in [-0.3, -0.25) is 0 Å². The number of allylic oxidation sites excluding steroid dienone is 2. The van der Waals surface area contributed by atoms with Crippen LogP contribution in [0.25, 0.3) is 0 Å². The predicted octanol–water partition coefficient (Wildman–Crippen LogP) is -0.303. The van der Waals surface area contributed by atoms with Crippen LogP contribution in [0.1, 0.15) is 6.92 Å². The summed E-state index contributed by atoms with van der Waals surface area (Å²) in [5, 5.41) is 11.7. The van der Waals surface area contributed by atoms with Crippen LogP contribution in [0.4, 0.5) is 0 Å². The first-order chi connectivity index (χ1) is 4.74. The van der Waals surface area contributed by atoms with E-state index >= 15 is 0 Å². The number of hydrogen-bond acceptors (Lipinski definition) is 3. The second-order valence-electron chi connectivity index (χ2n) is 2.41. The van der Waals surface area contributed by atoms with Crippen molar-refractivity contribution >= 4 is 0 Å². The van der Waals surface area contributed by atoms with Gasteiger partial charge in [-0.05, 0) is 18.1 Å². The number of nitrogens with one attached hydrogen (secondary N) is 1. The van der Waals surface area contributed by atoms with E-state index in [1.807, 2.05) is 19.2 Å². The lowest BCUT2D eigenvalue weighted by Crippen LogP contribution is -2.38. The third kappa shape index (κ3) is 1.37. The Balaban J connectivity index is 2.73. The minimum absolute atomic E-state index is 0.0271. The molecule has 3 heteroatoms. The van der Waals surface area contributed by atoms with Gasteiger partial charge in [0.1, 0.15) is 0 Å². The number of nitrogens with two attached hydrogens (primary N) is 1. The second-order valence-corrected chi connectivity index (χ2v) is 2.41. The molecule has 1 unspecified atom stereocenters. The largest absolute Gasteiger partial charge is 0.392 e. The zero-order valence-electron chi connectivity index (χ0n) is 5.96. The van der Waals surface area contributed by atoms with Crippen LogP contribution in [-0.4, -0.2) is 17.9 Å². The van der Waals surface area contributed by atoms with Crippen molar-refractivity contribution < 1.29 is 5.11 Å². The molecule has 56 valence electrons. The molecule has 0 radical (unpaired) electrons. The van der Waals surface area contributed by atoms with Gasteiger partial charge in [0, 0.05) is 6.20 Å². The Kier molecular flexibility index (Phi) is 2.09. The van der Waals surface area contributed by atoms with Crippen molar-refractivity contribution in [2.24, 2.45) is 5.73 Å². The molecule has 0 fully saturated rings. The lowest BCUT2D eigenvalue weighted by atomic mass is 10.1. The van der Waals surface area contributed by atoms with Crippen LogP contribution in [-0.2, 0) is 0 Å². The van der Waals surface area contributed by atoms with E-state index in [-0.39, 0.29) is 12.8 Å². The van der Waals surface area contributed by atoms with Gasteiger partial charge in [-0.2, -0.15) is 0 Å².